The number of Topliss-reactive ketones (excluding diaryl/α,β-unsaturated/α-hetero) is 1. The van der Waals surface area contributed by atoms with Crippen LogP contribution in [0.25, 0.3) is 0 Å². The average Bonchev–Trinajstić information content (AvgIpc) is 3.50. The molecule has 0 unspecified atom stereocenters. The number of hydrogen-bond acceptors (Lipinski definition) is 5. The highest BCUT2D eigenvalue weighted by atomic mass is 32.2. The van der Waals surface area contributed by atoms with Crippen molar-refractivity contribution in [3.8, 4) is 0 Å². The number of carbonyl (C=O) groups excluding carboxylic acids is 3. The third-order valence-electron chi connectivity index (χ3n) is 9.88. The van der Waals surface area contributed by atoms with Gasteiger partial charge >= 0.3 is 0 Å². The molecule has 202 valence electrons. The number of carbonyl (C=O) groups is 3. The summed E-state index contributed by atoms with van der Waals surface area (Å²) in [6.07, 6.45) is 6.12. The minimum absolute atomic E-state index is 0.0351. The standard InChI is InChI=1S/C28H39N3O5S/c1-27(2)20-14-15-28(27,24(32)17-20)18-37(35,36)31-16-6-9-23(31)26(34)30-22-12-10-21(11-13-22)29-25(33)19-7-4-3-5-8-19/h3-5,7-8,20-23H,6,9-18H2,1-2H3,(H,29,33)(H,30,34)/t20-,21?,22?,23-,28+/m0/s1. The lowest BCUT2D eigenvalue weighted by molar-refractivity contribution is -0.128. The van der Waals surface area contributed by atoms with Crippen molar-refractivity contribution in [1.82, 2.24) is 14.9 Å². The van der Waals surface area contributed by atoms with Crippen LogP contribution in [0.2, 0.25) is 0 Å². The van der Waals surface area contributed by atoms with Crippen molar-refractivity contribution >= 4 is 27.6 Å². The number of nitrogens with zero attached hydrogens (tertiary/aromatic N) is 1. The van der Waals surface area contributed by atoms with Crippen molar-refractivity contribution in [3.63, 3.8) is 0 Å². The van der Waals surface area contributed by atoms with Gasteiger partial charge in [-0.2, -0.15) is 4.31 Å². The van der Waals surface area contributed by atoms with Crippen LogP contribution in [-0.2, 0) is 19.6 Å². The van der Waals surface area contributed by atoms with Crippen LogP contribution in [0.4, 0.5) is 0 Å². The van der Waals surface area contributed by atoms with Crippen LogP contribution in [0.15, 0.2) is 30.3 Å². The van der Waals surface area contributed by atoms with Gasteiger partial charge in [0.05, 0.1) is 5.75 Å². The molecule has 1 aliphatic heterocycles. The highest BCUT2D eigenvalue weighted by Crippen LogP contribution is 2.64. The molecule has 1 aromatic carbocycles. The average molecular weight is 530 g/mol. The fourth-order valence-corrected chi connectivity index (χ4v) is 9.84. The number of nitrogens with one attached hydrogen (secondary N) is 2. The number of benzene rings is 1. The molecular formula is C28H39N3O5S. The second kappa shape index (κ2) is 9.80. The van der Waals surface area contributed by atoms with E-state index in [4.69, 9.17) is 0 Å². The van der Waals surface area contributed by atoms with Crippen molar-refractivity contribution in [1.29, 1.82) is 0 Å². The highest BCUT2D eigenvalue weighted by Gasteiger charge is 2.66. The Balaban J connectivity index is 1.17. The van der Waals surface area contributed by atoms with Crippen LogP contribution in [0.5, 0.6) is 0 Å². The Bertz CT molecular complexity index is 1160. The van der Waals surface area contributed by atoms with Crippen LogP contribution < -0.4 is 10.6 Å². The number of ketones is 1. The SMILES string of the molecule is CC1(C)[C@H]2CC[C@@]1(CS(=O)(=O)N1CCC[C@H]1C(=O)NC1CCC(NC(=O)c3ccccc3)CC1)C(=O)C2. The Hall–Kier alpha value is -2.26. The molecule has 0 spiro atoms. The molecule has 0 radical (unpaired) electrons. The summed E-state index contributed by atoms with van der Waals surface area (Å²) < 4.78 is 28.6. The molecule has 37 heavy (non-hydrogen) atoms. The summed E-state index contributed by atoms with van der Waals surface area (Å²) in [5.74, 6) is -0.180. The van der Waals surface area contributed by atoms with E-state index in [1.807, 2.05) is 32.0 Å². The number of amides is 2. The predicted molar refractivity (Wildman–Crippen MR) is 140 cm³/mol. The minimum Gasteiger partial charge on any atom is -0.352 e. The smallest absolute Gasteiger partial charge is 0.251 e. The molecule has 4 fully saturated rings. The molecule has 3 atom stereocenters. The van der Waals surface area contributed by atoms with Gasteiger partial charge in [0.15, 0.2) is 0 Å². The molecule has 2 N–H and O–H groups in total. The summed E-state index contributed by atoms with van der Waals surface area (Å²) in [4.78, 5) is 38.6. The number of rotatable bonds is 7. The maximum atomic E-state index is 13.6. The van der Waals surface area contributed by atoms with Gasteiger partial charge in [-0.1, -0.05) is 32.0 Å². The molecule has 1 aromatic rings. The number of hydrogen-bond donors (Lipinski definition) is 2. The normalized spacial score (nSPS) is 33.4. The maximum absolute atomic E-state index is 13.6. The molecule has 1 heterocycles. The zero-order chi connectivity index (χ0) is 26.4. The van der Waals surface area contributed by atoms with E-state index in [9.17, 15) is 22.8 Å². The molecule has 2 bridgehead atoms. The lowest BCUT2D eigenvalue weighted by atomic mass is 9.70. The maximum Gasteiger partial charge on any atom is 0.251 e. The van der Waals surface area contributed by atoms with E-state index in [1.54, 1.807) is 12.1 Å². The van der Waals surface area contributed by atoms with E-state index in [-0.39, 0.29) is 46.8 Å². The lowest BCUT2D eigenvalue weighted by Crippen LogP contribution is -2.53. The summed E-state index contributed by atoms with van der Waals surface area (Å²) in [7, 11) is -3.77. The van der Waals surface area contributed by atoms with Crippen molar-refractivity contribution in [3.05, 3.63) is 35.9 Å². The van der Waals surface area contributed by atoms with Gasteiger partial charge in [-0.15, -0.1) is 0 Å². The van der Waals surface area contributed by atoms with Gasteiger partial charge in [-0.25, -0.2) is 8.42 Å². The second-order valence-electron chi connectivity index (χ2n) is 12.1. The third kappa shape index (κ3) is 4.73. The van der Waals surface area contributed by atoms with Crippen LogP contribution in [-0.4, -0.2) is 60.7 Å². The fourth-order valence-electron chi connectivity index (χ4n) is 7.38. The monoisotopic (exact) mass is 529 g/mol. The van der Waals surface area contributed by atoms with Gasteiger partial charge in [0, 0.05) is 36.0 Å². The van der Waals surface area contributed by atoms with Crippen molar-refractivity contribution in [2.75, 3.05) is 12.3 Å². The molecular weight excluding hydrogens is 490 g/mol. The predicted octanol–water partition coefficient (Wildman–Crippen LogP) is 3.03. The van der Waals surface area contributed by atoms with Crippen LogP contribution in [0.3, 0.4) is 0 Å². The van der Waals surface area contributed by atoms with Crippen molar-refractivity contribution in [2.45, 2.75) is 89.8 Å². The molecule has 3 saturated carbocycles. The van der Waals surface area contributed by atoms with Crippen LogP contribution in [0.1, 0.15) is 82.0 Å². The molecule has 2 amide bonds. The Morgan fingerprint density at radius 2 is 1.62 bits per heavy atom. The third-order valence-corrected chi connectivity index (χ3v) is 11.9. The highest BCUT2D eigenvalue weighted by molar-refractivity contribution is 7.89. The second-order valence-corrected chi connectivity index (χ2v) is 14.0. The van der Waals surface area contributed by atoms with Crippen LogP contribution in [0, 0.1) is 16.7 Å². The molecule has 5 rings (SSSR count). The largest absolute Gasteiger partial charge is 0.352 e. The van der Waals surface area contributed by atoms with Gasteiger partial charge in [-0.05, 0) is 74.8 Å². The van der Waals surface area contributed by atoms with Crippen molar-refractivity contribution in [2.24, 2.45) is 16.7 Å². The van der Waals surface area contributed by atoms with Crippen molar-refractivity contribution < 1.29 is 22.8 Å². The van der Waals surface area contributed by atoms with Gasteiger partial charge in [0.25, 0.3) is 5.91 Å². The summed E-state index contributed by atoms with van der Waals surface area (Å²) in [5.41, 5.74) is -0.526. The fraction of sp³-hybridized carbons (Fsp3) is 0.679. The summed E-state index contributed by atoms with van der Waals surface area (Å²) in [6, 6.07) is 8.44. The van der Waals surface area contributed by atoms with E-state index in [2.05, 4.69) is 10.6 Å². The van der Waals surface area contributed by atoms with E-state index < -0.39 is 21.5 Å². The number of fused-ring (bicyclic) bond motifs is 2. The van der Waals surface area contributed by atoms with E-state index in [1.165, 1.54) is 4.31 Å². The Labute approximate surface area is 220 Å². The Morgan fingerprint density at radius 1 is 0.973 bits per heavy atom. The number of sulfonamides is 1. The first-order chi connectivity index (χ1) is 17.5. The summed E-state index contributed by atoms with van der Waals surface area (Å²) in [5, 5.41) is 6.18. The Kier molecular flexibility index (Phi) is 6.98. The lowest BCUT2D eigenvalue weighted by Gasteiger charge is -2.38. The molecule has 1 saturated heterocycles. The summed E-state index contributed by atoms with van der Waals surface area (Å²) >= 11 is 0. The molecule has 8 nitrogen and oxygen atoms in total. The zero-order valence-corrected chi connectivity index (χ0v) is 22.7. The molecule has 9 heteroatoms. The molecule has 4 aliphatic rings. The first-order valence-electron chi connectivity index (χ1n) is 13.7. The summed E-state index contributed by atoms with van der Waals surface area (Å²) in [6.45, 7) is 4.41. The first kappa shape index (κ1) is 26.4. The zero-order valence-electron chi connectivity index (χ0n) is 21.9. The molecule has 3 aliphatic carbocycles. The van der Waals surface area contributed by atoms with E-state index >= 15 is 0 Å². The quantitative estimate of drug-likeness (QED) is 0.564. The van der Waals surface area contributed by atoms with E-state index in [0.29, 0.717) is 37.8 Å². The Morgan fingerprint density at radius 3 is 2.22 bits per heavy atom. The van der Waals surface area contributed by atoms with Crippen LogP contribution >= 0.6 is 0 Å². The van der Waals surface area contributed by atoms with Gasteiger partial charge in [0.1, 0.15) is 11.8 Å². The van der Waals surface area contributed by atoms with Gasteiger partial charge < -0.3 is 10.6 Å². The van der Waals surface area contributed by atoms with Gasteiger partial charge in [-0.3, -0.25) is 14.4 Å². The first-order valence-corrected chi connectivity index (χ1v) is 15.3. The van der Waals surface area contributed by atoms with E-state index in [0.717, 1.165) is 32.1 Å². The topological polar surface area (TPSA) is 113 Å². The molecule has 0 aromatic heterocycles. The minimum atomic E-state index is -3.77. The van der Waals surface area contributed by atoms with Gasteiger partial charge in [0.2, 0.25) is 15.9 Å².